The summed E-state index contributed by atoms with van der Waals surface area (Å²) in [5.41, 5.74) is 1.49. The molecule has 5 nitrogen and oxygen atoms in total. The molecule has 2 aromatic rings. The third-order valence-electron chi connectivity index (χ3n) is 3.77. The molecular formula is C19H17ClN2O3S. The fraction of sp³-hybridized carbons (Fsp3) is 0.158. The van der Waals surface area contributed by atoms with Crippen LogP contribution in [-0.4, -0.2) is 34.7 Å². The van der Waals surface area contributed by atoms with Crippen LogP contribution in [0, 0.1) is 0 Å². The molecule has 0 saturated carbocycles. The topological polar surface area (TPSA) is 62.1 Å². The van der Waals surface area contributed by atoms with Gasteiger partial charge in [-0.05, 0) is 66.7 Å². The Hall–Kier alpha value is -2.44. The summed E-state index contributed by atoms with van der Waals surface area (Å²) in [6, 6.07) is 12.2. The van der Waals surface area contributed by atoms with E-state index in [1.807, 2.05) is 31.2 Å². The number of aromatic hydroxyl groups is 1. The van der Waals surface area contributed by atoms with Gasteiger partial charge in [-0.1, -0.05) is 17.7 Å². The number of phenolic OH excluding ortho intramolecular Hbond substituents is 1. The lowest BCUT2D eigenvalue weighted by molar-refractivity contribution is -0.122. The van der Waals surface area contributed by atoms with Gasteiger partial charge in [0.05, 0.1) is 22.7 Å². The SMILES string of the molecule is CCN1C(=O)/C(=C/c2ccc(O)c(Cl)c2)SC1=Nc1ccc(OC)cc1. The molecule has 2 aromatic carbocycles. The Labute approximate surface area is 160 Å². The number of amides is 1. The van der Waals surface area contributed by atoms with Gasteiger partial charge in [0.1, 0.15) is 11.5 Å². The minimum absolute atomic E-state index is 0.0103. The first kappa shape index (κ1) is 18.4. The first-order chi connectivity index (χ1) is 12.5. The van der Waals surface area contributed by atoms with Gasteiger partial charge in [-0.3, -0.25) is 9.69 Å². The zero-order valence-corrected chi connectivity index (χ0v) is 15.8. The van der Waals surface area contributed by atoms with E-state index in [0.29, 0.717) is 16.6 Å². The number of aliphatic imine (C=N–C) groups is 1. The molecule has 1 fully saturated rings. The summed E-state index contributed by atoms with van der Waals surface area (Å²) in [5, 5.41) is 10.4. The van der Waals surface area contributed by atoms with Crippen molar-refractivity contribution in [3.8, 4) is 11.5 Å². The largest absolute Gasteiger partial charge is 0.506 e. The third kappa shape index (κ3) is 3.86. The maximum Gasteiger partial charge on any atom is 0.266 e. The Morgan fingerprint density at radius 1 is 1.27 bits per heavy atom. The van der Waals surface area contributed by atoms with E-state index in [1.165, 1.54) is 17.8 Å². The predicted molar refractivity (Wildman–Crippen MR) is 106 cm³/mol. The molecule has 0 spiro atoms. The maximum atomic E-state index is 12.6. The van der Waals surface area contributed by atoms with Gasteiger partial charge >= 0.3 is 0 Å². The summed E-state index contributed by atoms with van der Waals surface area (Å²) < 4.78 is 5.14. The molecule has 1 aliphatic heterocycles. The molecule has 1 N–H and O–H groups in total. The molecule has 0 aliphatic carbocycles. The number of benzene rings is 2. The lowest BCUT2D eigenvalue weighted by atomic mass is 10.2. The van der Waals surface area contributed by atoms with Crippen molar-refractivity contribution in [2.45, 2.75) is 6.92 Å². The van der Waals surface area contributed by atoms with E-state index in [4.69, 9.17) is 16.3 Å². The molecule has 1 heterocycles. The van der Waals surface area contributed by atoms with Crippen molar-refractivity contribution in [2.24, 2.45) is 4.99 Å². The number of likely N-dealkylation sites (N-methyl/N-ethyl adjacent to an activating group) is 1. The van der Waals surface area contributed by atoms with Crippen LogP contribution in [0.5, 0.6) is 11.5 Å². The molecule has 26 heavy (non-hydrogen) atoms. The van der Waals surface area contributed by atoms with Crippen molar-refractivity contribution in [2.75, 3.05) is 13.7 Å². The minimum Gasteiger partial charge on any atom is -0.506 e. The summed E-state index contributed by atoms with van der Waals surface area (Å²) in [6.45, 7) is 2.43. The van der Waals surface area contributed by atoms with Crippen LogP contribution in [0.3, 0.4) is 0 Å². The number of amidine groups is 1. The lowest BCUT2D eigenvalue weighted by Crippen LogP contribution is -2.28. The maximum absolute atomic E-state index is 12.6. The van der Waals surface area contributed by atoms with E-state index in [-0.39, 0.29) is 16.7 Å². The van der Waals surface area contributed by atoms with Crippen molar-refractivity contribution in [1.82, 2.24) is 4.90 Å². The van der Waals surface area contributed by atoms with E-state index in [1.54, 1.807) is 30.2 Å². The first-order valence-electron chi connectivity index (χ1n) is 7.94. The van der Waals surface area contributed by atoms with Gasteiger partial charge in [-0.2, -0.15) is 0 Å². The number of ether oxygens (including phenoxy) is 1. The molecule has 1 saturated heterocycles. The van der Waals surface area contributed by atoms with Crippen LogP contribution in [0.15, 0.2) is 52.4 Å². The number of phenols is 1. The smallest absolute Gasteiger partial charge is 0.266 e. The Bertz CT molecular complexity index is 894. The van der Waals surface area contributed by atoms with Crippen LogP contribution in [0.1, 0.15) is 12.5 Å². The van der Waals surface area contributed by atoms with Crippen LogP contribution in [0.2, 0.25) is 5.02 Å². The highest BCUT2D eigenvalue weighted by Gasteiger charge is 2.32. The van der Waals surface area contributed by atoms with E-state index < -0.39 is 0 Å². The Morgan fingerprint density at radius 2 is 2.00 bits per heavy atom. The van der Waals surface area contributed by atoms with Gasteiger partial charge in [0.25, 0.3) is 5.91 Å². The molecule has 3 rings (SSSR count). The van der Waals surface area contributed by atoms with Gasteiger partial charge in [-0.25, -0.2) is 4.99 Å². The Kier molecular flexibility index (Phi) is 5.54. The van der Waals surface area contributed by atoms with Gasteiger partial charge in [0.2, 0.25) is 0 Å². The van der Waals surface area contributed by atoms with Crippen LogP contribution in [0.25, 0.3) is 6.08 Å². The minimum atomic E-state index is -0.103. The van der Waals surface area contributed by atoms with Crippen molar-refractivity contribution in [3.05, 3.63) is 58.0 Å². The highest BCUT2D eigenvalue weighted by Crippen LogP contribution is 2.35. The quantitative estimate of drug-likeness (QED) is 0.772. The number of rotatable bonds is 4. The number of nitrogens with zero attached hydrogens (tertiary/aromatic N) is 2. The fourth-order valence-corrected chi connectivity index (χ4v) is 3.65. The highest BCUT2D eigenvalue weighted by molar-refractivity contribution is 8.18. The standard InChI is InChI=1S/C19H17ClN2O3S/c1-3-22-18(24)17(11-12-4-9-16(23)15(20)10-12)26-19(22)21-13-5-7-14(25-2)8-6-13/h4-11,23H,3H2,1-2H3/b17-11-,21-19?. The lowest BCUT2D eigenvalue weighted by Gasteiger charge is -2.12. The summed E-state index contributed by atoms with van der Waals surface area (Å²) in [4.78, 5) is 19.4. The average molecular weight is 389 g/mol. The molecule has 0 bridgehead atoms. The second-order valence-corrected chi connectivity index (χ2v) is 6.88. The average Bonchev–Trinajstić information content (AvgIpc) is 2.93. The summed E-state index contributed by atoms with van der Waals surface area (Å²) >= 11 is 7.25. The second kappa shape index (κ2) is 7.85. The number of methoxy groups -OCH3 is 1. The third-order valence-corrected chi connectivity index (χ3v) is 5.08. The molecule has 1 amide bonds. The van der Waals surface area contributed by atoms with E-state index in [2.05, 4.69) is 4.99 Å². The monoisotopic (exact) mass is 388 g/mol. The zero-order valence-electron chi connectivity index (χ0n) is 14.3. The Balaban J connectivity index is 1.90. The number of carbonyl (C=O) groups is 1. The van der Waals surface area contributed by atoms with Crippen molar-refractivity contribution in [3.63, 3.8) is 0 Å². The molecule has 1 aliphatic rings. The molecular weight excluding hydrogens is 372 g/mol. The van der Waals surface area contributed by atoms with Gasteiger partial charge in [0.15, 0.2) is 5.17 Å². The normalized spacial score (nSPS) is 17.3. The first-order valence-corrected chi connectivity index (χ1v) is 9.14. The number of carbonyl (C=O) groups excluding carboxylic acids is 1. The van der Waals surface area contributed by atoms with Gasteiger partial charge in [0, 0.05) is 6.54 Å². The molecule has 0 unspecified atom stereocenters. The van der Waals surface area contributed by atoms with Crippen LogP contribution < -0.4 is 4.74 Å². The van der Waals surface area contributed by atoms with Gasteiger partial charge in [-0.15, -0.1) is 0 Å². The van der Waals surface area contributed by atoms with Crippen molar-refractivity contribution in [1.29, 1.82) is 0 Å². The predicted octanol–water partition coefficient (Wildman–Crippen LogP) is 4.68. The fourth-order valence-electron chi connectivity index (χ4n) is 2.40. The molecule has 7 heteroatoms. The van der Waals surface area contributed by atoms with Crippen LogP contribution >= 0.6 is 23.4 Å². The van der Waals surface area contributed by atoms with Gasteiger partial charge < -0.3 is 9.84 Å². The molecule has 0 aromatic heterocycles. The van der Waals surface area contributed by atoms with Crippen LogP contribution in [0.4, 0.5) is 5.69 Å². The summed E-state index contributed by atoms with van der Waals surface area (Å²) in [7, 11) is 1.61. The number of hydrogen-bond acceptors (Lipinski definition) is 5. The number of hydrogen-bond donors (Lipinski definition) is 1. The summed E-state index contributed by atoms with van der Waals surface area (Å²) in [5.74, 6) is 0.659. The second-order valence-electron chi connectivity index (χ2n) is 5.46. The van der Waals surface area contributed by atoms with Crippen molar-refractivity contribution < 1.29 is 14.6 Å². The number of halogens is 1. The van der Waals surface area contributed by atoms with Crippen molar-refractivity contribution >= 4 is 46.2 Å². The number of thioether (sulfide) groups is 1. The molecule has 134 valence electrons. The highest BCUT2D eigenvalue weighted by atomic mass is 35.5. The van der Waals surface area contributed by atoms with E-state index in [9.17, 15) is 9.90 Å². The van der Waals surface area contributed by atoms with E-state index >= 15 is 0 Å². The van der Waals surface area contributed by atoms with E-state index in [0.717, 1.165) is 17.0 Å². The summed E-state index contributed by atoms with van der Waals surface area (Å²) in [6.07, 6.45) is 1.75. The van der Waals surface area contributed by atoms with Crippen LogP contribution in [-0.2, 0) is 4.79 Å². The molecule has 0 atom stereocenters. The zero-order chi connectivity index (χ0) is 18.7. The molecule has 0 radical (unpaired) electrons. The Morgan fingerprint density at radius 3 is 2.62 bits per heavy atom.